The van der Waals surface area contributed by atoms with Crippen LogP contribution in [0.5, 0.6) is 0 Å². The van der Waals surface area contributed by atoms with E-state index >= 15 is 0 Å². The molecule has 19 heavy (non-hydrogen) atoms. The Bertz CT molecular complexity index is 446. The van der Waals surface area contributed by atoms with Gasteiger partial charge in [-0.2, -0.15) is 0 Å². The van der Waals surface area contributed by atoms with Crippen molar-refractivity contribution in [3.63, 3.8) is 0 Å². The lowest BCUT2D eigenvalue weighted by Crippen LogP contribution is -2.34. The van der Waals surface area contributed by atoms with Crippen molar-refractivity contribution in [2.24, 2.45) is 0 Å². The summed E-state index contributed by atoms with van der Waals surface area (Å²) in [5.74, 6) is -0.534. The Morgan fingerprint density at radius 2 is 1.95 bits per heavy atom. The largest absolute Gasteiger partial charge is 0.469 e. The van der Waals surface area contributed by atoms with Gasteiger partial charge in [-0.3, -0.25) is 0 Å². The van der Waals surface area contributed by atoms with Crippen molar-refractivity contribution in [1.29, 1.82) is 0 Å². The number of hydrogen-bond acceptors (Lipinski definition) is 5. The summed E-state index contributed by atoms with van der Waals surface area (Å²) in [6.07, 6.45) is 2.65. The molecule has 1 aromatic heterocycles. The number of furan rings is 1. The topological polar surface area (TPSA) is 65.7 Å². The minimum absolute atomic E-state index is 0.304. The van der Waals surface area contributed by atoms with Gasteiger partial charge in [0.1, 0.15) is 18.0 Å². The predicted molar refractivity (Wildman–Crippen MR) is 68.2 cm³/mol. The minimum Gasteiger partial charge on any atom is -0.469 e. The maximum Gasteiger partial charge on any atom is 0.330 e. The number of carbonyl (C=O) groups is 2. The second kappa shape index (κ2) is 7.20. The number of ether oxygens (including phenoxy) is 2. The molecular weight excluding hydrogens is 248 g/mol. The standard InChI is InChI=1S/C14H16O5/c1-4-13(15)18-10(3)12(19-14(16)5-2)9-11-7-6-8-17-11/h4-8,10,12H,1-2,9H2,3H3. The fraction of sp³-hybridized carbons (Fsp3) is 0.286. The first-order valence-electron chi connectivity index (χ1n) is 5.75. The van der Waals surface area contributed by atoms with Crippen molar-refractivity contribution in [2.45, 2.75) is 25.6 Å². The average molecular weight is 264 g/mol. The van der Waals surface area contributed by atoms with E-state index in [9.17, 15) is 9.59 Å². The van der Waals surface area contributed by atoms with Crippen LogP contribution in [-0.4, -0.2) is 24.1 Å². The highest BCUT2D eigenvalue weighted by Crippen LogP contribution is 2.13. The van der Waals surface area contributed by atoms with Crippen LogP contribution >= 0.6 is 0 Å². The molecule has 0 aliphatic heterocycles. The number of carbonyl (C=O) groups excluding carboxylic acids is 2. The van der Waals surface area contributed by atoms with E-state index in [2.05, 4.69) is 13.2 Å². The second-order valence-electron chi connectivity index (χ2n) is 3.81. The van der Waals surface area contributed by atoms with E-state index in [0.29, 0.717) is 12.2 Å². The summed E-state index contributed by atoms with van der Waals surface area (Å²) in [7, 11) is 0. The van der Waals surface area contributed by atoms with Crippen molar-refractivity contribution in [3.05, 3.63) is 49.5 Å². The van der Waals surface area contributed by atoms with Crippen molar-refractivity contribution in [2.75, 3.05) is 0 Å². The SMILES string of the molecule is C=CC(=O)OC(C)C(Cc1ccco1)OC(=O)C=C. The van der Waals surface area contributed by atoms with E-state index in [1.807, 2.05) is 0 Å². The first-order valence-corrected chi connectivity index (χ1v) is 5.75. The van der Waals surface area contributed by atoms with Gasteiger partial charge in [0, 0.05) is 18.6 Å². The lowest BCUT2D eigenvalue weighted by atomic mass is 10.1. The second-order valence-corrected chi connectivity index (χ2v) is 3.81. The molecule has 0 spiro atoms. The predicted octanol–water partition coefficient (Wildman–Crippen LogP) is 2.04. The van der Waals surface area contributed by atoms with Crippen LogP contribution in [0.4, 0.5) is 0 Å². The maximum absolute atomic E-state index is 11.3. The molecule has 0 radical (unpaired) electrons. The van der Waals surface area contributed by atoms with E-state index in [4.69, 9.17) is 13.9 Å². The molecule has 0 fully saturated rings. The maximum atomic E-state index is 11.3. The van der Waals surface area contributed by atoms with Crippen LogP contribution in [0.2, 0.25) is 0 Å². The van der Waals surface area contributed by atoms with E-state index in [0.717, 1.165) is 12.2 Å². The molecule has 102 valence electrons. The highest BCUT2D eigenvalue weighted by atomic mass is 16.6. The molecule has 2 unspecified atom stereocenters. The van der Waals surface area contributed by atoms with E-state index in [-0.39, 0.29) is 0 Å². The van der Waals surface area contributed by atoms with Gasteiger partial charge in [-0.1, -0.05) is 13.2 Å². The smallest absolute Gasteiger partial charge is 0.330 e. The van der Waals surface area contributed by atoms with Crippen molar-refractivity contribution < 1.29 is 23.5 Å². The molecule has 0 aliphatic rings. The molecule has 0 saturated heterocycles. The third kappa shape index (κ3) is 4.83. The fourth-order valence-corrected chi connectivity index (χ4v) is 1.43. The zero-order valence-corrected chi connectivity index (χ0v) is 10.7. The molecule has 0 N–H and O–H groups in total. The van der Waals surface area contributed by atoms with Crippen LogP contribution < -0.4 is 0 Å². The van der Waals surface area contributed by atoms with Gasteiger partial charge in [0.2, 0.25) is 0 Å². The third-order valence-corrected chi connectivity index (χ3v) is 2.41. The molecule has 2 atom stereocenters. The van der Waals surface area contributed by atoms with Gasteiger partial charge in [0.05, 0.1) is 6.26 Å². The molecule has 1 aromatic rings. The Labute approximate surface area is 111 Å². The van der Waals surface area contributed by atoms with Crippen LogP contribution in [0.1, 0.15) is 12.7 Å². The van der Waals surface area contributed by atoms with Crippen LogP contribution in [0, 0.1) is 0 Å². The molecule has 1 heterocycles. The average Bonchev–Trinajstić information content (AvgIpc) is 2.90. The lowest BCUT2D eigenvalue weighted by molar-refractivity contribution is -0.160. The van der Waals surface area contributed by atoms with Crippen molar-refractivity contribution in [1.82, 2.24) is 0 Å². The number of esters is 2. The van der Waals surface area contributed by atoms with Crippen molar-refractivity contribution in [3.8, 4) is 0 Å². The molecule has 0 amide bonds. The van der Waals surface area contributed by atoms with E-state index in [1.54, 1.807) is 19.1 Å². The van der Waals surface area contributed by atoms with Crippen LogP contribution in [-0.2, 0) is 25.5 Å². The van der Waals surface area contributed by atoms with Gasteiger partial charge in [-0.05, 0) is 19.1 Å². The Hall–Kier alpha value is -2.30. The van der Waals surface area contributed by atoms with Crippen LogP contribution in [0.3, 0.4) is 0 Å². The van der Waals surface area contributed by atoms with Gasteiger partial charge in [-0.15, -0.1) is 0 Å². The summed E-state index contributed by atoms with van der Waals surface area (Å²) in [4.78, 5) is 22.4. The monoisotopic (exact) mass is 264 g/mol. The molecule has 5 nitrogen and oxygen atoms in total. The summed E-state index contributed by atoms with van der Waals surface area (Å²) < 4.78 is 15.4. The third-order valence-electron chi connectivity index (χ3n) is 2.41. The minimum atomic E-state index is -0.652. The Morgan fingerprint density at radius 3 is 2.47 bits per heavy atom. The molecule has 1 rings (SSSR count). The highest BCUT2D eigenvalue weighted by Gasteiger charge is 2.25. The zero-order valence-electron chi connectivity index (χ0n) is 10.7. The Balaban J connectivity index is 2.72. The molecule has 0 bridgehead atoms. The molecular formula is C14H16O5. The van der Waals surface area contributed by atoms with Gasteiger partial charge in [0.25, 0.3) is 0 Å². The van der Waals surface area contributed by atoms with Gasteiger partial charge >= 0.3 is 11.9 Å². The molecule has 0 saturated carbocycles. The summed E-state index contributed by atoms with van der Waals surface area (Å²) >= 11 is 0. The molecule has 0 aromatic carbocycles. The first kappa shape index (κ1) is 14.8. The fourth-order valence-electron chi connectivity index (χ4n) is 1.43. The molecule has 0 aliphatic carbocycles. The first-order chi connectivity index (χ1) is 9.06. The van der Waals surface area contributed by atoms with Crippen LogP contribution in [0.15, 0.2) is 48.1 Å². The van der Waals surface area contributed by atoms with Crippen molar-refractivity contribution >= 4 is 11.9 Å². The van der Waals surface area contributed by atoms with Gasteiger partial charge < -0.3 is 13.9 Å². The summed E-state index contributed by atoms with van der Waals surface area (Å²) in [6.45, 7) is 8.26. The lowest BCUT2D eigenvalue weighted by Gasteiger charge is -2.22. The quantitative estimate of drug-likeness (QED) is 0.557. The van der Waals surface area contributed by atoms with E-state index in [1.165, 1.54) is 6.26 Å². The summed E-state index contributed by atoms with van der Waals surface area (Å²) in [5, 5.41) is 0. The van der Waals surface area contributed by atoms with Gasteiger partial charge in [0.15, 0.2) is 0 Å². The molecule has 5 heteroatoms. The Kier molecular flexibility index (Phi) is 5.60. The Morgan fingerprint density at radius 1 is 1.32 bits per heavy atom. The highest BCUT2D eigenvalue weighted by molar-refractivity contribution is 5.82. The van der Waals surface area contributed by atoms with E-state index < -0.39 is 24.1 Å². The number of hydrogen-bond donors (Lipinski definition) is 0. The van der Waals surface area contributed by atoms with Gasteiger partial charge in [-0.25, -0.2) is 9.59 Å². The summed E-state index contributed by atoms with van der Waals surface area (Å²) in [5.41, 5.74) is 0. The van der Waals surface area contributed by atoms with Crippen LogP contribution in [0.25, 0.3) is 0 Å². The number of rotatable bonds is 7. The zero-order chi connectivity index (χ0) is 14.3. The summed E-state index contributed by atoms with van der Waals surface area (Å²) in [6, 6.07) is 3.47. The normalized spacial score (nSPS) is 13.1.